The Morgan fingerprint density at radius 3 is 3.00 bits per heavy atom. The summed E-state index contributed by atoms with van der Waals surface area (Å²) in [6.45, 7) is 0. The van der Waals surface area contributed by atoms with Gasteiger partial charge in [0.25, 0.3) is 0 Å². The molecular formula is C7H6O2S2. The minimum absolute atomic E-state index is 0.368. The summed E-state index contributed by atoms with van der Waals surface area (Å²) in [6.07, 6.45) is 5.26. The zero-order valence-electron chi connectivity index (χ0n) is 5.60. The Hall–Kier alpha value is -0.480. The van der Waals surface area contributed by atoms with Crippen LogP contribution in [0.5, 0.6) is 0 Å². The third-order valence-electron chi connectivity index (χ3n) is 1.59. The minimum Gasteiger partial charge on any atom is -0.223 e. The van der Waals surface area contributed by atoms with Crippen molar-refractivity contribution < 1.29 is 8.42 Å². The third-order valence-corrected chi connectivity index (χ3v) is 4.95. The van der Waals surface area contributed by atoms with Crippen molar-refractivity contribution in [2.24, 2.45) is 0 Å². The Morgan fingerprint density at radius 1 is 1.45 bits per heavy atom. The molecule has 0 saturated heterocycles. The number of hydrogen-bond acceptors (Lipinski definition) is 3. The first-order valence-corrected chi connectivity index (χ1v) is 5.69. The first kappa shape index (κ1) is 7.18. The Labute approximate surface area is 69.6 Å². The quantitative estimate of drug-likeness (QED) is 0.574. The molecule has 2 heterocycles. The van der Waals surface area contributed by atoms with E-state index < -0.39 is 9.84 Å². The van der Waals surface area contributed by atoms with Crippen LogP contribution in [0.2, 0.25) is 0 Å². The van der Waals surface area contributed by atoms with Crippen LogP contribution < -0.4 is 0 Å². The van der Waals surface area contributed by atoms with Gasteiger partial charge in [-0.1, -0.05) is 18.2 Å². The molecule has 0 radical (unpaired) electrons. The molecule has 1 atom stereocenters. The molecule has 0 spiro atoms. The molecule has 2 rings (SSSR count). The molecule has 0 fully saturated rings. The molecular weight excluding hydrogens is 180 g/mol. The van der Waals surface area contributed by atoms with Gasteiger partial charge in [0.15, 0.2) is 9.84 Å². The fraction of sp³-hybridized carbons (Fsp3) is 0.143. The second-order valence-corrected chi connectivity index (χ2v) is 5.59. The molecule has 4 heteroatoms. The summed E-state index contributed by atoms with van der Waals surface area (Å²) >= 11 is 1.35. The molecule has 0 aliphatic carbocycles. The van der Waals surface area contributed by atoms with Crippen LogP contribution in [0.15, 0.2) is 34.6 Å². The summed E-state index contributed by atoms with van der Waals surface area (Å²) in [5.41, 5.74) is 0.887. The lowest BCUT2D eigenvalue weighted by atomic mass is 10.3. The van der Waals surface area contributed by atoms with Gasteiger partial charge in [-0.25, -0.2) is 8.42 Å². The lowest BCUT2D eigenvalue weighted by molar-refractivity contribution is 0.605. The van der Waals surface area contributed by atoms with Crippen molar-refractivity contribution in [3.05, 3.63) is 34.6 Å². The van der Waals surface area contributed by atoms with Gasteiger partial charge in [-0.3, -0.25) is 0 Å². The number of sulfone groups is 1. The SMILES string of the molecule is O=S1(=O)C=CC=C2C=CSC21. The van der Waals surface area contributed by atoms with E-state index in [0.717, 1.165) is 5.57 Å². The molecule has 0 bridgehead atoms. The van der Waals surface area contributed by atoms with Crippen molar-refractivity contribution in [2.75, 3.05) is 0 Å². The fourth-order valence-electron chi connectivity index (χ4n) is 1.08. The predicted octanol–water partition coefficient (Wildman–Crippen LogP) is 1.44. The number of allylic oxidation sites excluding steroid dienone is 3. The van der Waals surface area contributed by atoms with E-state index in [4.69, 9.17) is 0 Å². The molecule has 1 unspecified atom stereocenters. The fourth-order valence-corrected chi connectivity index (χ4v) is 3.75. The van der Waals surface area contributed by atoms with Crippen molar-refractivity contribution in [3.63, 3.8) is 0 Å². The summed E-state index contributed by atoms with van der Waals surface area (Å²) < 4.78 is 22.2. The predicted molar refractivity (Wildman–Crippen MR) is 46.7 cm³/mol. The molecule has 0 aromatic rings. The van der Waals surface area contributed by atoms with Gasteiger partial charge in [-0.15, -0.1) is 11.8 Å². The number of rotatable bonds is 0. The Morgan fingerprint density at radius 2 is 2.27 bits per heavy atom. The van der Waals surface area contributed by atoms with Crippen LogP contribution in [0, 0.1) is 0 Å². The Balaban J connectivity index is 2.54. The topological polar surface area (TPSA) is 34.1 Å². The van der Waals surface area contributed by atoms with Gasteiger partial charge in [0.2, 0.25) is 0 Å². The highest BCUT2D eigenvalue weighted by Crippen LogP contribution is 2.36. The second kappa shape index (κ2) is 2.25. The normalized spacial score (nSPS) is 31.6. The minimum atomic E-state index is -3.01. The molecule has 0 N–H and O–H groups in total. The van der Waals surface area contributed by atoms with E-state index in [0.29, 0.717) is 0 Å². The van der Waals surface area contributed by atoms with Crippen LogP contribution >= 0.6 is 11.8 Å². The second-order valence-electron chi connectivity index (χ2n) is 2.35. The van der Waals surface area contributed by atoms with Crippen molar-refractivity contribution >= 4 is 21.6 Å². The van der Waals surface area contributed by atoms with Crippen LogP contribution in [-0.4, -0.2) is 13.0 Å². The largest absolute Gasteiger partial charge is 0.223 e. The molecule has 0 aromatic carbocycles. The lowest BCUT2D eigenvalue weighted by Gasteiger charge is -2.11. The first-order valence-electron chi connectivity index (χ1n) is 3.14. The van der Waals surface area contributed by atoms with E-state index in [-0.39, 0.29) is 4.58 Å². The highest BCUT2D eigenvalue weighted by Gasteiger charge is 2.30. The van der Waals surface area contributed by atoms with E-state index in [1.807, 2.05) is 17.6 Å². The van der Waals surface area contributed by atoms with E-state index in [2.05, 4.69) is 0 Å². The average molecular weight is 186 g/mol. The standard InChI is InChI=1S/C7H6O2S2/c8-11(9)5-1-2-6-3-4-10-7(6)11/h1-5,7H. The summed E-state index contributed by atoms with van der Waals surface area (Å²) in [5.74, 6) is 0. The molecule has 2 aliphatic rings. The van der Waals surface area contributed by atoms with Crippen LogP contribution in [0.1, 0.15) is 0 Å². The van der Waals surface area contributed by atoms with Gasteiger partial charge in [0.1, 0.15) is 4.58 Å². The smallest absolute Gasteiger partial charge is 0.188 e. The molecule has 11 heavy (non-hydrogen) atoms. The Kier molecular flexibility index (Phi) is 1.47. The molecule has 58 valence electrons. The maximum atomic E-state index is 11.3. The van der Waals surface area contributed by atoms with E-state index in [9.17, 15) is 8.42 Å². The summed E-state index contributed by atoms with van der Waals surface area (Å²) in [7, 11) is -3.01. The molecule has 2 nitrogen and oxygen atoms in total. The van der Waals surface area contributed by atoms with Gasteiger partial charge in [-0.2, -0.15) is 0 Å². The third kappa shape index (κ3) is 1.06. The molecule has 0 saturated carbocycles. The number of hydrogen-bond donors (Lipinski definition) is 0. The van der Waals surface area contributed by atoms with Crippen molar-refractivity contribution in [3.8, 4) is 0 Å². The van der Waals surface area contributed by atoms with Crippen LogP contribution in [-0.2, 0) is 9.84 Å². The highest BCUT2D eigenvalue weighted by atomic mass is 32.3. The summed E-state index contributed by atoms with van der Waals surface area (Å²) in [6, 6.07) is 0. The highest BCUT2D eigenvalue weighted by molar-refractivity contribution is 8.16. The van der Waals surface area contributed by atoms with Crippen LogP contribution in [0.25, 0.3) is 0 Å². The van der Waals surface area contributed by atoms with Crippen molar-refractivity contribution in [2.45, 2.75) is 4.58 Å². The van der Waals surface area contributed by atoms with Gasteiger partial charge in [-0.05, 0) is 11.0 Å². The van der Waals surface area contributed by atoms with E-state index in [1.54, 1.807) is 6.08 Å². The molecule has 0 aromatic heterocycles. The monoisotopic (exact) mass is 186 g/mol. The first-order chi connectivity index (χ1) is 5.20. The maximum absolute atomic E-state index is 11.3. The average Bonchev–Trinajstić information content (AvgIpc) is 2.34. The number of thioether (sulfide) groups is 1. The van der Waals surface area contributed by atoms with Gasteiger partial charge in [0, 0.05) is 5.41 Å². The zero-order valence-corrected chi connectivity index (χ0v) is 7.23. The van der Waals surface area contributed by atoms with Gasteiger partial charge >= 0.3 is 0 Å². The summed E-state index contributed by atoms with van der Waals surface area (Å²) in [5, 5.41) is 3.09. The van der Waals surface area contributed by atoms with Gasteiger partial charge < -0.3 is 0 Å². The van der Waals surface area contributed by atoms with Crippen molar-refractivity contribution in [1.82, 2.24) is 0 Å². The van der Waals surface area contributed by atoms with Crippen LogP contribution in [0.3, 0.4) is 0 Å². The van der Waals surface area contributed by atoms with Crippen molar-refractivity contribution in [1.29, 1.82) is 0 Å². The van der Waals surface area contributed by atoms with E-state index in [1.165, 1.54) is 17.2 Å². The molecule has 2 aliphatic heterocycles. The summed E-state index contributed by atoms with van der Waals surface area (Å²) in [4.78, 5) is 0. The lowest BCUT2D eigenvalue weighted by Crippen LogP contribution is -2.16. The Bertz CT molecular complexity index is 360. The van der Waals surface area contributed by atoms with Crippen LogP contribution in [0.4, 0.5) is 0 Å². The maximum Gasteiger partial charge on any atom is 0.188 e. The van der Waals surface area contributed by atoms with E-state index >= 15 is 0 Å². The van der Waals surface area contributed by atoms with Gasteiger partial charge in [0.05, 0.1) is 0 Å². The molecule has 0 amide bonds. The number of fused-ring (bicyclic) bond motifs is 1. The zero-order chi connectivity index (χ0) is 7.90.